The van der Waals surface area contributed by atoms with Crippen LogP contribution in [0.4, 0.5) is 19.0 Å². The van der Waals surface area contributed by atoms with E-state index in [4.69, 9.17) is 5.26 Å². The summed E-state index contributed by atoms with van der Waals surface area (Å²) in [6.07, 6.45) is -2.60. The van der Waals surface area contributed by atoms with Crippen LogP contribution in [0.2, 0.25) is 0 Å². The number of amides is 1. The topological polar surface area (TPSA) is 83.6 Å². The van der Waals surface area contributed by atoms with E-state index in [1.165, 1.54) is 23.1 Å². The lowest BCUT2D eigenvalue weighted by atomic mass is 9.94. The van der Waals surface area contributed by atoms with Crippen molar-refractivity contribution in [3.05, 3.63) is 76.5 Å². The molecule has 0 spiro atoms. The minimum Gasteiger partial charge on any atom is -0.308 e. The molecule has 2 aromatic carbocycles. The smallest absolute Gasteiger partial charge is 0.308 e. The zero-order chi connectivity index (χ0) is 22.9. The molecule has 0 radical (unpaired) electrons. The van der Waals surface area contributed by atoms with Crippen molar-refractivity contribution >= 4 is 11.7 Å². The highest BCUT2D eigenvalue weighted by molar-refractivity contribution is 5.91. The van der Waals surface area contributed by atoms with E-state index in [-0.39, 0.29) is 36.6 Å². The Balaban J connectivity index is 1.35. The third-order valence-corrected chi connectivity index (χ3v) is 5.70. The first-order valence-electron chi connectivity index (χ1n) is 10.1. The molecule has 0 saturated heterocycles. The normalized spacial score (nSPS) is 14.6. The molecule has 1 aliphatic rings. The van der Waals surface area contributed by atoms with Gasteiger partial charge in [-0.15, -0.1) is 5.10 Å². The molecule has 9 heteroatoms. The zero-order valence-corrected chi connectivity index (χ0v) is 17.3. The maximum atomic E-state index is 13.2. The van der Waals surface area contributed by atoms with Crippen molar-refractivity contribution < 1.29 is 18.0 Å². The lowest BCUT2D eigenvalue weighted by Crippen LogP contribution is -2.28. The minimum atomic E-state index is -4.26. The lowest BCUT2D eigenvalue weighted by Gasteiger charge is -2.19. The molecule has 0 bridgehead atoms. The van der Waals surface area contributed by atoms with Gasteiger partial charge in [0.2, 0.25) is 5.91 Å². The van der Waals surface area contributed by atoms with Gasteiger partial charge in [-0.3, -0.25) is 4.79 Å². The maximum absolute atomic E-state index is 13.2. The van der Waals surface area contributed by atoms with Crippen LogP contribution in [0, 0.1) is 18.3 Å². The first-order chi connectivity index (χ1) is 15.2. The summed E-state index contributed by atoms with van der Waals surface area (Å²) in [5.74, 6) is -0.0537. The average molecular weight is 439 g/mol. The molecule has 1 amide bonds. The van der Waals surface area contributed by atoms with Crippen molar-refractivity contribution in [1.82, 2.24) is 15.0 Å². The molecule has 164 valence electrons. The number of carbonyl (C=O) groups is 1. The third-order valence-electron chi connectivity index (χ3n) is 5.70. The van der Waals surface area contributed by atoms with E-state index in [0.29, 0.717) is 17.7 Å². The summed E-state index contributed by atoms with van der Waals surface area (Å²) in [6, 6.07) is 13.6. The Morgan fingerprint density at radius 1 is 1.19 bits per heavy atom. The second-order valence-corrected chi connectivity index (χ2v) is 8.02. The Morgan fingerprint density at radius 2 is 1.88 bits per heavy atom. The number of nitrogens with one attached hydrogen (secondary N) is 1. The number of rotatable bonds is 6. The van der Waals surface area contributed by atoms with Crippen LogP contribution in [-0.4, -0.2) is 27.1 Å². The predicted octanol–water partition coefficient (Wildman–Crippen LogP) is 4.28. The number of halogens is 3. The summed E-state index contributed by atoms with van der Waals surface area (Å²) in [5.41, 5.74) is 1.52. The molecule has 0 unspecified atom stereocenters. The van der Waals surface area contributed by atoms with Gasteiger partial charge < -0.3 is 5.32 Å². The number of benzene rings is 2. The first-order valence-corrected chi connectivity index (χ1v) is 10.1. The van der Waals surface area contributed by atoms with Gasteiger partial charge in [-0.25, -0.2) is 0 Å². The van der Waals surface area contributed by atoms with Gasteiger partial charge in [0, 0.05) is 0 Å². The molecule has 32 heavy (non-hydrogen) atoms. The van der Waals surface area contributed by atoms with E-state index in [9.17, 15) is 18.0 Å². The summed E-state index contributed by atoms with van der Waals surface area (Å²) in [4.78, 5) is 13.7. The van der Waals surface area contributed by atoms with Crippen LogP contribution < -0.4 is 5.32 Å². The number of carbonyl (C=O) groups excluding carboxylic acids is 1. The second kappa shape index (κ2) is 8.11. The Bertz CT molecular complexity index is 1190. The lowest BCUT2D eigenvalue weighted by molar-refractivity contribution is -0.160. The van der Waals surface area contributed by atoms with Crippen LogP contribution >= 0.6 is 0 Å². The number of hydrogen-bond acceptors (Lipinski definition) is 4. The van der Waals surface area contributed by atoms with E-state index >= 15 is 0 Å². The zero-order valence-electron chi connectivity index (χ0n) is 17.3. The van der Waals surface area contributed by atoms with Gasteiger partial charge in [-0.05, 0) is 48.1 Å². The van der Waals surface area contributed by atoms with Gasteiger partial charge in [-0.1, -0.05) is 36.4 Å². The Hall–Kier alpha value is -3.67. The minimum absolute atomic E-state index is 0.0149. The highest BCUT2D eigenvalue weighted by Crippen LogP contribution is 2.58. The van der Waals surface area contributed by atoms with Crippen molar-refractivity contribution in [2.24, 2.45) is 0 Å². The molecule has 1 aromatic heterocycles. The summed E-state index contributed by atoms with van der Waals surface area (Å²) in [5, 5.41) is 20.0. The van der Waals surface area contributed by atoms with Gasteiger partial charge in [0.25, 0.3) is 0 Å². The summed E-state index contributed by atoms with van der Waals surface area (Å²) in [7, 11) is 0. The molecule has 1 aliphatic carbocycles. The highest BCUT2D eigenvalue weighted by atomic mass is 19.4. The van der Waals surface area contributed by atoms with E-state index in [0.717, 1.165) is 11.1 Å². The number of aryl methyl sites for hydroxylation is 1. The number of nitriles is 1. The third kappa shape index (κ3) is 4.35. The van der Waals surface area contributed by atoms with Gasteiger partial charge in [0.1, 0.15) is 0 Å². The largest absolute Gasteiger partial charge is 0.398 e. The van der Waals surface area contributed by atoms with Gasteiger partial charge in [0.05, 0.1) is 36.2 Å². The first kappa shape index (κ1) is 21.6. The quantitative estimate of drug-likeness (QED) is 0.621. The molecule has 1 heterocycles. The number of alkyl halides is 3. The summed E-state index contributed by atoms with van der Waals surface area (Å²) < 4.78 is 39.7. The van der Waals surface area contributed by atoms with E-state index in [1.54, 1.807) is 18.2 Å². The van der Waals surface area contributed by atoms with Crippen molar-refractivity contribution in [2.45, 2.75) is 44.3 Å². The fraction of sp³-hybridized carbons (Fsp3) is 0.304. The average Bonchev–Trinajstić information content (AvgIpc) is 3.45. The molecule has 4 rings (SSSR count). The molecule has 1 saturated carbocycles. The van der Waals surface area contributed by atoms with E-state index in [2.05, 4.69) is 21.6 Å². The number of nitrogens with zero attached hydrogens (tertiary/aromatic N) is 4. The van der Waals surface area contributed by atoms with Crippen molar-refractivity contribution in [3.8, 4) is 6.07 Å². The van der Waals surface area contributed by atoms with Crippen LogP contribution in [-0.2, 0) is 23.2 Å². The van der Waals surface area contributed by atoms with Crippen molar-refractivity contribution in [3.63, 3.8) is 0 Å². The van der Waals surface area contributed by atoms with Crippen LogP contribution in [0.15, 0.2) is 48.7 Å². The predicted molar refractivity (Wildman–Crippen MR) is 111 cm³/mol. The van der Waals surface area contributed by atoms with Crippen LogP contribution in [0.1, 0.15) is 40.7 Å². The fourth-order valence-electron chi connectivity index (χ4n) is 3.72. The Labute approximate surface area is 182 Å². The van der Waals surface area contributed by atoms with E-state index in [1.807, 2.05) is 19.1 Å². The maximum Gasteiger partial charge on any atom is 0.398 e. The van der Waals surface area contributed by atoms with Crippen LogP contribution in [0.3, 0.4) is 0 Å². The summed E-state index contributed by atoms with van der Waals surface area (Å²) in [6.45, 7) is 2.23. The molecule has 3 aromatic rings. The SMILES string of the molecule is Cc1cc(Cn2ncc(NC(=O)Cc3ccc(C4(C(F)(F)F)CC4)cc3)n2)ccc1C#N. The molecular weight excluding hydrogens is 419 g/mol. The number of anilines is 1. The molecule has 1 N–H and O–H groups in total. The Morgan fingerprint density at radius 3 is 2.47 bits per heavy atom. The molecule has 6 nitrogen and oxygen atoms in total. The van der Waals surface area contributed by atoms with Crippen LogP contribution in [0.25, 0.3) is 0 Å². The van der Waals surface area contributed by atoms with Gasteiger partial charge >= 0.3 is 6.18 Å². The molecule has 0 aliphatic heterocycles. The molecular formula is C23H20F3N5O. The molecule has 1 fully saturated rings. The standard InChI is InChI=1S/C23H20F3N5O/c1-15-10-17(2-5-18(15)12-27)14-31-28-13-20(30-31)29-21(32)11-16-3-6-19(7-4-16)22(8-9-22)23(24,25)26/h2-7,10,13H,8-9,11,14H2,1H3,(H,29,30,32). The van der Waals surface area contributed by atoms with Gasteiger partial charge in [-0.2, -0.15) is 28.3 Å². The van der Waals surface area contributed by atoms with Gasteiger partial charge in [0.15, 0.2) is 5.82 Å². The van der Waals surface area contributed by atoms with E-state index < -0.39 is 11.6 Å². The van der Waals surface area contributed by atoms with Crippen LogP contribution in [0.5, 0.6) is 0 Å². The second-order valence-electron chi connectivity index (χ2n) is 8.02. The monoisotopic (exact) mass is 439 g/mol. The number of hydrogen-bond donors (Lipinski definition) is 1. The molecule has 0 atom stereocenters. The summed E-state index contributed by atoms with van der Waals surface area (Å²) >= 11 is 0. The highest BCUT2D eigenvalue weighted by Gasteiger charge is 2.64. The van der Waals surface area contributed by atoms with Crippen molar-refractivity contribution in [2.75, 3.05) is 5.32 Å². The number of aromatic nitrogens is 3. The Kier molecular flexibility index (Phi) is 5.46. The van der Waals surface area contributed by atoms with Crippen molar-refractivity contribution in [1.29, 1.82) is 5.26 Å². The fourth-order valence-corrected chi connectivity index (χ4v) is 3.72.